The highest BCUT2D eigenvalue weighted by atomic mass is 14.8. The molecule has 0 saturated carbocycles. The van der Waals surface area contributed by atoms with Gasteiger partial charge < -0.3 is 0 Å². The third-order valence-corrected chi connectivity index (χ3v) is 3.99. The Morgan fingerprint density at radius 3 is 2.38 bits per heavy atom. The average molecular weight is 275 g/mol. The standard InChI is InChI=1S/C20H21N/c1-2-3-9-18-14-17-12-7-8-13-19(17)15-21-20(18)16-10-5-4-6-11-16/h4-8,10-15,20H,2-3,9H2,1H3. The van der Waals surface area contributed by atoms with E-state index in [1.54, 1.807) is 0 Å². The molecule has 3 rings (SSSR count). The lowest BCUT2D eigenvalue weighted by molar-refractivity contribution is 0.723. The van der Waals surface area contributed by atoms with Gasteiger partial charge in [-0.25, -0.2) is 0 Å². The topological polar surface area (TPSA) is 12.4 Å². The first kappa shape index (κ1) is 13.8. The Morgan fingerprint density at radius 2 is 1.62 bits per heavy atom. The van der Waals surface area contributed by atoms with Crippen LogP contribution < -0.4 is 0 Å². The van der Waals surface area contributed by atoms with Crippen molar-refractivity contribution in [2.45, 2.75) is 32.2 Å². The SMILES string of the molecule is CCCCC1=Cc2ccccc2C=NC1c1ccccc1. The van der Waals surface area contributed by atoms with E-state index in [-0.39, 0.29) is 6.04 Å². The van der Waals surface area contributed by atoms with Crippen molar-refractivity contribution >= 4 is 12.3 Å². The van der Waals surface area contributed by atoms with Crippen molar-refractivity contribution in [2.24, 2.45) is 4.99 Å². The van der Waals surface area contributed by atoms with Gasteiger partial charge in [-0.15, -0.1) is 0 Å². The first-order valence-electron chi connectivity index (χ1n) is 7.76. The van der Waals surface area contributed by atoms with Gasteiger partial charge in [0, 0.05) is 6.21 Å². The summed E-state index contributed by atoms with van der Waals surface area (Å²) >= 11 is 0. The summed E-state index contributed by atoms with van der Waals surface area (Å²) in [7, 11) is 0. The molecule has 1 nitrogen and oxygen atoms in total. The maximum atomic E-state index is 4.88. The van der Waals surface area contributed by atoms with Crippen LogP contribution in [-0.2, 0) is 0 Å². The van der Waals surface area contributed by atoms with Gasteiger partial charge >= 0.3 is 0 Å². The van der Waals surface area contributed by atoms with Crippen LogP contribution in [0.5, 0.6) is 0 Å². The van der Waals surface area contributed by atoms with Gasteiger partial charge in [0.2, 0.25) is 0 Å². The summed E-state index contributed by atoms with van der Waals surface area (Å²) < 4.78 is 0. The van der Waals surface area contributed by atoms with Gasteiger partial charge in [-0.1, -0.05) is 74.0 Å². The third-order valence-electron chi connectivity index (χ3n) is 3.99. The van der Waals surface area contributed by atoms with E-state index >= 15 is 0 Å². The lowest BCUT2D eigenvalue weighted by Gasteiger charge is -2.16. The molecule has 1 atom stereocenters. The minimum absolute atomic E-state index is 0.158. The number of aliphatic imine (C=N–C) groups is 1. The van der Waals surface area contributed by atoms with E-state index in [0.717, 1.165) is 6.42 Å². The van der Waals surface area contributed by atoms with Gasteiger partial charge in [-0.2, -0.15) is 0 Å². The fourth-order valence-corrected chi connectivity index (χ4v) is 2.81. The molecule has 0 N–H and O–H groups in total. The Kier molecular flexibility index (Phi) is 4.30. The normalized spacial score (nSPS) is 17.0. The van der Waals surface area contributed by atoms with Crippen LogP contribution in [0.25, 0.3) is 6.08 Å². The van der Waals surface area contributed by atoms with Crippen molar-refractivity contribution in [2.75, 3.05) is 0 Å². The van der Waals surface area contributed by atoms with Crippen LogP contribution >= 0.6 is 0 Å². The van der Waals surface area contributed by atoms with Crippen molar-refractivity contribution < 1.29 is 0 Å². The summed E-state index contributed by atoms with van der Waals surface area (Å²) in [4.78, 5) is 4.88. The number of fused-ring (bicyclic) bond motifs is 1. The molecule has 1 aliphatic heterocycles. The quantitative estimate of drug-likeness (QED) is 0.705. The van der Waals surface area contributed by atoms with Crippen molar-refractivity contribution in [3.8, 4) is 0 Å². The van der Waals surface area contributed by atoms with Crippen LogP contribution in [0.4, 0.5) is 0 Å². The van der Waals surface area contributed by atoms with E-state index < -0.39 is 0 Å². The molecule has 1 heteroatoms. The number of hydrogen-bond donors (Lipinski definition) is 0. The molecule has 1 heterocycles. The molecule has 0 spiro atoms. The molecule has 2 aromatic carbocycles. The fourth-order valence-electron chi connectivity index (χ4n) is 2.81. The number of nitrogens with zero attached hydrogens (tertiary/aromatic N) is 1. The third kappa shape index (κ3) is 3.13. The predicted molar refractivity (Wildman–Crippen MR) is 90.7 cm³/mol. The summed E-state index contributed by atoms with van der Waals surface area (Å²) in [5.41, 5.74) is 5.20. The summed E-state index contributed by atoms with van der Waals surface area (Å²) in [6, 6.07) is 19.3. The zero-order chi connectivity index (χ0) is 14.5. The summed E-state index contributed by atoms with van der Waals surface area (Å²) in [6.07, 6.45) is 7.91. The van der Waals surface area contributed by atoms with E-state index in [1.807, 2.05) is 6.21 Å². The minimum Gasteiger partial charge on any atom is -0.280 e. The zero-order valence-electron chi connectivity index (χ0n) is 12.5. The smallest absolute Gasteiger partial charge is 0.0962 e. The fraction of sp³-hybridized carbons (Fsp3) is 0.250. The molecule has 0 saturated heterocycles. The Hall–Kier alpha value is -2.15. The molecule has 1 aliphatic rings. The van der Waals surface area contributed by atoms with E-state index in [2.05, 4.69) is 67.6 Å². The maximum absolute atomic E-state index is 4.88. The Bertz CT molecular complexity index is 653. The number of unbranched alkanes of at least 4 members (excludes halogenated alkanes) is 1. The number of hydrogen-bond acceptors (Lipinski definition) is 1. The van der Waals surface area contributed by atoms with Crippen LogP contribution in [0.2, 0.25) is 0 Å². The Labute approximate surface area is 127 Å². The second-order valence-corrected chi connectivity index (χ2v) is 5.54. The van der Waals surface area contributed by atoms with Crippen LogP contribution in [0, 0.1) is 0 Å². The van der Waals surface area contributed by atoms with Gasteiger partial charge in [0.05, 0.1) is 6.04 Å². The largest absolute Gasteiger partial charge is 0.280 e. The van der Waals surface area contributed by atoms with E-state index in [0.29, 0.717) is 0 Å². The van der Waals surface area contributed by atoms with Crippen molar-refractivity contribution in [3.63, 3.8) is 0 Å². The molecule has 0 bridgehead atoms. The number of rotatable bonds is 4. The van der Waals surface area contributed by atoms with Gasteiger partial charge in [0.1, 0.15) is 0 Å². The summed E-state index contributed by atoms with van der Waals surface area (Å²) in [5.74, 6) is 0. The van der Waals surface area contributed by atoms with E-state index in [1.165, 1.54) is 35.1 Å². The van der Waals surface area contributed by atoms with Gasteiger partial charge in [-0.3, -0.25) is 4.99 Å². The molecule has 1 unspecified atom stereocenters. The van der Waals surface area contributed by atoms with Crippen LogP contribution in [0.15, 0.2) is 65.2 Å². The van der Waals surface area contributed by atoms with Crippen LogP contribution in [0.1, 0.15) is 48.9 Å². The Balaban J connectivity index is 2.03. The van der Waals surface area contributed by atoms with E-state index in [9.17, 15) is 0 Å². The first-order valence-corrected chi connectivity index (χ1v) is 7.76. The van der Waals surface area contributed by atoms with Gasteiger partial charge in [0.25, 0.3) is 0 Å². The lowest BCUT2D eigenvalue weighted by Crippen LogP contribution is -1.99. The highest BCUT2D eigenvalue weighted by molar-refractivity contribution is 5.87. The molecular weight excluding hydrogens is 254 g/mol. The first-order chi connectivity index (χ1) is 10.4. The predicted octanol–water partition coefficient (Wildman–Crippen LogP) is 5.43. The molecule has 21 heavy (non-hydrogen) atoms. The highest BCUT2D eigenvalue weighted by Gasteiger charge is 2.17. The maximum Gasteiger partial charge on any atom is 0.0962 e. The summed E-state index contributed by atoms with van der Waals surface area (Å²) in [5, 5.41) is 0. The minimum atomic E-state index is 0.158. The van der Waals surface area contributed by atoms with Crippen LogP contribution in [0.3, 0.4) is 0 Å². The molecule has 0 radical (unpaired) electrons. The molecule has 0 fully saturated rings. The van der Waals surface area contributed by atoms with Crippen molar-refractivity contribution in [1.82, 2.24) is 0 Å². The molecule has 0 amide bonds. The molecular formula is C20H21N. The van der Waals surface area contributed by atoms with Gasteiger partial charge in [0.15, 0.2) is 0 Å². The Morgan fingerprint density at radius 1 is 0.905 bits per heavy atom. The second kappa shape index (κ2) is 6.53. The number of benzene rings is 2. The second-order valence-electron chi connectivity index (χ2n) is 5.54. The zero-order valence-corrected chi connectivity index (χ0v) is 12.5. The summed E-state index contributed by atoms with van der Waals surface area (Å²) in [6.45, 7) is 2.24. The molecule has 2 aromatic rings. The lowest BCUT2D eigenvalue weighted by atomic mass is 9.93. The van der Waals surface area contributed by atoms with Crippen molar-refractivity contribution in [3.05, 3.63) is 76.9 Å². The van der Waals surface area contributed by atoms with E-state index in [4.69, 9.17) is 4.99 Å². The van der Waals surface area contributed by atoms with Crippen LogP contribution in [-0.4, -0.2) is 6.21 Å². The molecule has 0 aliphatic carbocycles. The molecule has 0 aromatic heterocycles. The van der Waals surface area contributed by atoms with Gasteiger partial charge in [-0.05, 0) is 35.1 Å². The highest BCUT2D eigenvalue weighted by Crippen LogP contribution is 2.33. The molecule has 106 valence electrons. The monoisotopic (exact) mass is 275 g/mol. The average Bonchev–Trinajstić information content (AvgIpc) is 2.73. The van der Waals surface area contributed by atoms with Crippen molar-refractivity contribution in [1.29, 1.82) is 0 Å².